The molecule has 1 heterocycles. The zero-order valence-electron chi connectivity index (χ0n) is 15.1. The van der Waals surface area contributed by atoms with Crippen LogP contribution in [0.5, 0.6) is 0 Å². The highest BCUT2D eigenvalue weighted by Crippen LogP contribution is 2.29. The molecule has 1 N–H and O–H groups in total. The lowest BCUT2D eigenvalue weighted by Crippen LogP contribution is -2.14. The lowest BCUT2D eigenvalue weighted by molar-refractivity contribution is -0.142. The first-order chi connectivity index (χ1) is 12.7. The molecule has 0 aliphatic carbocycles. The number of anilines is 1. The van der Waals surface area contributed by atoms with Gasteiger partial charge in [0, 0.05) is 16.6 Å². The lowest BCUT2D eigenvalue weighted by Gasteiger charge is -2.09. The van der Waals surface area contributed by atoms with Crippen molar-refractivity contribution in [3.8, 4) is 0 Å². The Morgan fingerprint density at radius 3 is 2.56 bits per heavy atom. The summed E-state index contributed by atoms with van der Waals surface area (Å²) in [5, 5.41) is 1.41. The van der Waals surface area contributed by atoms with E-state index in [0.717, 1.165) is 6.26 Å². The molecule has 7 nitrogen and oxygen atoms in total. The summed E-state index contributed by atoms with van der Waals surface area (Å²) in [6.07, 6.45) is 1.18. The van der Waals surface area contributed by atoms with Crippen LogP contribution in [0, 0.1) is 0 Å². The molecule has 1 aromatic heterocycles. The molecule has 2 aromatic rings. The van der Waals surface area contributed by atoms with Gasteiger partial charge in [-0.05, 0) is 38.1 Å². The van der Waals surface area contributed by atoms with E-state index in [2.05, 4.69) is 9.71 Å². The van der Waals surface area contributed by atoms with Crippen LogP contribution in [0.2, 0.25) is 0 Å². The second kappa shape index (κ2) is 9.34. The number of benzene rings is 1. The third kappa shape index (κ3) is 6.96. The van der Waals surface area contributed by atoms with Gasteiger partial charge < -0.3 is 4.74 Å². The van der Waals surface area contributed by atoms with Gasteiger partial charge in [-0.15, -0.1) is 11.3 Å². The maximum atomic E-state index is 12.6. The van der Waals surface area contributed by atoms with E-state index < -0.39 is 10.0 Å². The lowest BCUT2D eigenvalue weighted by atomic mass is 10.1. The largest absolute Gasteiger partial charge is 0.466 e. The van der Waals surface area contributed by atoms with Gasteiger partial charge >= 0.3 is 5.97 Å². The molecule has 0 spiro atoms. The molecule has 10 heteroatoms. The van der Waals surface area contributed by atoms with Crippen molar-refractivity contribution in [3.63, 3.8) is 0 Å². The fourth-order valence-corrected chi connectivity index (χ4v) is 4.76. The second-order valence-electron chi connectivity index (χ2n) is 5.66. The minimum absolute atomic E-state index is 0.0898. The van der Waals surface area contributed by atoms with Gasteiger partial charge in [-0.1, -0.05) is 11.8 Å². The maximum absolute atomic E-state index is 12.6. The van der Waals surface area contributed by atoms with E-state index in [4.69, 9.17) is 4.74 Å². The molecule has 0 amide bonds. The molecule has 27 heavy (non-hydrogen) atoms. The van der Waals surface area contributed by atoms with Gasteiger partial charge in [0.05, 0.1) is 30.2 Å². The van der Waals surface area contributed by atoms with Gasteiger partial charge in [0.2, 0.25) is 10.0 Å². The first kappa shape index (κ1) is 21.4. The number of carbonyl (C=O) groups is 2. The quantitative estimate of drug-likeness (QED) is 0.372. The highest BCUT2D eigenvalue weighted by atomic mass is 32.2. The number of hydrogen-bond donors (Lipinski definition) is 1. The number of carbonyl (C=O) groups excluding carboxylic acids is 2. The number of thiazole rings is 1. The van der Waals surface area contributed by atoms with Gasteiger partial charge in [-0.25, -0.2) is 13.4 Å². The standard InChI is InChI=1S/C17H20N2O5S3/c1-4-24-15(20)9-14-10-25-17(18-14)26-11(2)16(21)12-5-7-13(8-6-12)19-27(3,22)23/h5-8,10-11,19H,4,9H2,1-3H3/t11-/m1/s1. The molecular formula is C17H20N2O5S3. The molecule has 0 fully saturated rings. The summed E-state index contributed by atoms with van der Waals surface area (Å²) in [6.45, 7) is 3.86. The number of thioether (sulfide) groups is 1. The topological polar surface area (TPSA) is 102 Å². The van der Waals surface area contributed by atoms with Gasteiger partial charge in [-0.2, -0.15) is 0 Å². The van der Waals surface area contributed by atoms with E-state index in [9.17, 15) is 18.0 Å². The van der Waals surface area contributed by atoms with Crippen molar-refractivity contribution in [2.75, 3.05) is 17.6 Å². The zero-order chi connectivity index (χ0) is 20.0. The Hall–Kier alpha value is -1.91. The summed E-state index contributed by atoms with van der Waals surface area (Å²) in [4.78, 5) is 28.4. The van der Waals surface area contributed by atoms with E-state index in [1.54, 1.807) is 43.5 Å². The monoisotopic (exact) mass is 428 g/mol. The molecule has 0 saturated carbocycles. The zero-order valence-corrected chi connectivity index (χ0v) is 17.5. The van der Waals surface area contributed by atoms with Crippen molar-refractivity contribution in [2.45, 2.75) is 29.9 Å². The number of rotatable bonds is 9. The van der Waals surface area contributed by atoms with Gasteiger partial charge in [0.1, 0.15) is 0 Å². The van der Waals surface area contributed by atoms with Crippen molar-refractivity contribution in [2.24, 2.45) is 0 Å². The first-order valence-corrected chi connectivity index (χ1v) is 11.7. The van der Waals surface area contributed by atoms with Crippen molar-refractivity contribution < 1.29 is 22.7 Å². The van der Waals surface area contributed by atoms with Crippen molar-refractivity contribution in [3.05, 3.63) is 40.9 Å². The molecule has 0 unspecified atom stereocenters. The average Bonchev–Trinajstić information content (AvgIpc) is 3.00. The number of Topliss-reactive ketones (excluding diaryl/α,β-unsaturated/α-hetero) is 1. The molecule has 0 aliphatic rings. The van der Waals surface area contributed by atoms with E-state index in [1.807, 2.05) is 0 Å². The predicted molar refractivity (Wildman–Crippen MR) is 107 cm³/mol. The third-order valence-corrected chi connectivity index (χ3v) is 6.01. The summed E-state index contributed by atoms with van der Waals surface area (Å²) in [5.41, 5.74) is 1.51. The van der Waals surface area contributed by atoms with Gasteiger partial charge in [0.25, 0.3) is 0 Å². The van der Waals surface area contributed by atoms with Crippen molar-refractivity contribution >= 4 is 50.6 Å². The second-order valence-corrected chi connectivity index (χ2v) is 9.86. The Balaban J connectivity index is 1.97. The minimum Gasteiger partial charge on any atom is -0.466 e. The van der Waals surface area contributed by atoms with Crippen LogP contribution in [-0.2, 0) is 26.0 Å². The van der Waals surface area contributed by atoms with E-state index in [1.165, 1.54) is 23.1 Å². The van der Waals surface area contributed by atoms with Crippen LogP contribution in [0.1, 0.15) is 29.9 Å². The molecule has 2 rings (SSSR count). The molecule has 0 aliphatic heterocycles. The van der Waals surface area contributed by atoms with E-state index >= 15 is 0 Å². The normalized spacial score (nSPS) is 12.4. The molecular weight excluding hydrogens is 408 g/mol. The van der Waals surface area contributed by atoms with Crippen LogP contribution in [-0.4, -0.2) is 43.3 Å². The van der Waals surface area contributed by atoms with Crippen LogP contribution in [0.4, 0.5) is 5.69 Å². The number of sulfonamides is 1. The Bertz CT molecular complexity index is 907. The van der Waals surface area contributed by atoms with Gasteiger partial charge in [-0.3, -0.25) is 14.3 Å². The highest BCUT2D eigenvalue weighted by Gasteiger charge is 2.19. The third-order valence-electron chi connectivity index (χ3n) is 3.28. The molecule has 0 bridgehead atoms. The summed E-state index contributed by atoms with van der Waals surface area (Å²) < 4.78 is 30.4. The Kier molecular flexibility index (Phi) is 7.40. The number of esters is 1. The SMILES string of the molecule is CCOC(=O)Cc1csc(S[C@H](C)C(=O)c2ccc(NS(C)(=O)=O)cc2)n1. The summed E-state index contributed by atoms with van der Waals surface area (Å²) in [7, 11) is -3.36. The highest BCUT2D eigenvalue weighted by molar-refractivity contribution is 8.02. The van der Waals surface area contributed by atoms with Crippen LogP contribution < -0.4 is 4.72 Å². The fraction of sp³-hybridized carbons (Fsp3) is 0.353. The number of aromatic nitrogens is 1. The number of nitrogens with zero attached hydrogens (tertiary/aromatic N) is 1. The number of hydrogen-bond acceptors (Lipinski definition) is 8. The van der Waals surface area contributed by atoms with Crippen LogP contribution in [0.3, 0.4) is 0 Å². The van der Waals surface area contributed by atoms with Crippen molar-refractivity contribution in [1.29, 1.82) is 0 Å². The summed E-state index contributed by atoms with van der Waals surface area (Å²) in [6, 6.07) is 6.26. The maximum Gasteiger partial charge on any atom is 0.311 e. The Morgan fingerprint density at radius 1 is 1.30 bits per heavy atom. The Morgan fingerprint density at radius 2 is 1.96 bits per heavy atom. The predicted octanol–water partition coefficient (Wildman–Crippen LogP) is 2.98. The number of nitrogens with one attached hydrogen (secondary N) is 1. The van der Waals surface area contributed by atoms with E-state index in [0.29, 0.717) is 27.9 Å². The van der Waals surface area contributed by atoms with Crippen LogP contribution in [0.15, 0.2) is 34.0 Å². The minimum atomic E-state index is -3.36. The van der Waals surface area contributed by atoms with Crippen LogP contribution >= 0.6 is 23.1 Å². The molecule has 0 radical (unpaired) electrons. The Labute approximate surface area is 166 Å². The van der Waals surface area contributed by atoms with E-state index in [-0.39, 0.29) is 23.4 Å². The molecule has 0 saturated heterocycles. The number of ketones is 1. The molecule has 146 valence electrons. The average molecular weight is 429 g/mol. The van der Waals surface area contributed by atoms with Gasteiger partial charge in [0.15, 0.2) is 10.1 Å². The van der Waals surface area contributed by atoms with Crippen LogP contribution in [0.25, 0.3) is 0 Å². The molecule has 1 atom stereocenters. The fourth-order valence-electron chi connectivity index (χ4n) is 2.14. The van der Waals surface area contributed by atoms with Crippen molar-refractivity contribution in [1.82, 2.24) is 4.98 Å². The molecule has 1 aromatic carbocycles. The smallest absolute Gasteiger partial charge is 0.311 e. The number of ether oxygens (including phenoxy) is 1. The first-order valence-electron chi connectivity index (χ1n) is 8.06. The summed E-state index contributed by atoms with van der Waals surface area (Å²) >= 11 is 2.69. The summed E-state index contributed by atoms with van der Waals surface area (Å²) in [5.74, 6) is -0.417.